The number of para-hydroxylation sites is 1. The van der Waals surface area contributed by atoms with Crippen molar-refractivity contribution >= 4 is 35.4 Å². The van der Waals surface area contributed by atoms with Crippen LogP contribution >= 0.6 is 0 Å². The molecule has 11 nitrogen and oxygen atoms in total. The number of methoxy groups -OCH3 is 1. The number of nitrogens with zero attached hydrogens (tertiary/aromatic N) is 1. The minimum absolute atomic E-state index is 0.0525. The fourth-order valence-electron chi connectivity index (χ4n) is 3.42. The van der Waals surface area contributed by atoms with Crippen LogP contribution in [0.3, 0.4) is 0 Å². The number of aryl methyl sites for hydroxylation is 1. The van der Waals surface area contributed by atoms with Crippen LogP contribution in [0.2, 0.25) is 0 Å². The number of hydrazine groups is 1. The van der Waals surface area contributed by atoms with Gasteiger partial charge in [-0.05, 0) is 49.6 Å². The Morgan fingerprint density at radius 3 is 2.36 bits per heavy atom. The lowest BCUT2D eigenvalue weighted by atomic mass is 10.00. The van der Waals surface area contributed by atoms with Gasteiger partial charge < -0.3 is 20.1 Å². The second-order valence-electron chi connectivity index (χ2n) is 8.31. The predicted octanol–water partition coefficient (Wildman–Crippen LogP) is 2.17. The highest BCUT2D eigenvalue weighted by Crippen LogP contribution is 2.20. The van der Waals surface area contributed by atoms with Gasteiger partial charge in [0.25, 0.3) is 11.8 Å². The molecule has 1 unspecified atom stereocenters. The van der Waals surface area contributed by atoms with Crippen molar-refractivity contribution in [3.8, 4) is 5.75 Å². The molecule has 5 amide bonds. The van der Waals surface area contributed by atoms with E-state index in [4.69, 9.17) is 9.47 Å². The summed E-state index contributed by atoms with van der Waals surface area (Å²) in [5, 5.41) is 5.75. The van der Waals surface area contributed by atoms with Gasteiger partial charge in [0, 0.05) is 6.42 Å². The molecular formula is C25H28N4O7. The molecule has 0 radical (unpaired) electrons. The Morgan fingerprint density at radius 1 is 1.03 bits per heavy atom. The summed E-state index contributed by atoms with van der Waals surface area (Å²) in [6.45, 7) is 2.53. The van der Waals surface area contributed by atoms with Crippen molar-refractivity contribution in [2.24, 2.45) is 0 Å². The maximum absolute atomic E-state index is 12.6. The number of hydrogen-bond donors (Lipinski definition) is 3. The number of ether oxygens (including phenoxy) is 2. The zero-order chi connectivity index (χ0) is 26.3. The van der Waals surface area contributed by atoms with Crippen LogP contribution in [0.15, 0.2) is 48.5 Å². The van der Waals surface area contributed by atoms with E-state index in [0.717, 1.165) is 11.3 Å². The number of benzene rings is 2. The van der Waals surface area contributed by atoms with E-state index in [1.165, 1.54) is 6.07 Å². The third-order valence-electron chi connectivity index (χ3n) is 5.76. The zero-order valence-electron chi connectivity index (χ0n) is 20.3. The van der Waals surface area contributed by atoms with Gasteiger partial charge in [-0.15, -0.1) is 0 Å². The number of hydrogen-bond acceptors (Lipinski definition) is 7. The Hall–Kier alpha value is -4.41. The molecule has 1 heterocycles. The van der Waals surface area contributed by atoms with E-state index in [2.05, 4.69) is 16.1 Å². The molecule has 0 saturated carbocycles. The van der Waals surface area contributed by atoms with Crippen LogP contribution in [0.5, 0.6) is 5.75 Å². The van der Waals surface area contributed by atoms with Gasteiger partial charge >= 0.3 is 12.0 Å². The molecule has 1 fully saturated rings. The minimum atomic E-state index is -1.12. The lowest BCUT2D eigenvalue weighted by Crippen LogP contribution is -2.49. The third kappa shape index (κ3) is 6.17. The molecule has 36 heavy (non-hydrogen) atoms. The smallest absolute Gasteiger partial charge is 0.344 e. The van der Waals surface area contributed by atoms with Crippen molar-refractivity contribution in [2.45, 2.75) is 38.6 Å². The summed E-state index contributed by atoms with van der Waals surface area (Å²) in [5.41, 5.74) is 2.26. The molecule has 0 aliphatic carbocycles. The van der Waals surface area contributed by atoms with Gasteiger partial charge in [-0.1, -0.05) is 31.2 Å². The number of esters is 1. The first-order chi connectivity index (χ1) is 17.2. The predicted molar refractivity (Wildman–Crippen MR) is 129 cm³/mol. The van der Waals surface area contributed by atoms with Gasteiger partial charge in [0.15, 0.2) is 6.61 Å². The van der Waals surface area contributed by atoms with Gasteiger partial charge in [-0.3, -0.25) is 19.8 Å². The van der Waals surface area contributed by atoms with Gasteiger partial charge in [0.2, 0.25) is 5.91 Å². The fraction of sp³-hybridized carbons (Fsp3) is 0.320. The summed E-state index contributed by atoms with van der Waals surface area (Å²) in [4.78, 5) is 61.6. The second-order valence-corrected chi connectivity index (χ2v) is 8.31. The number of anilines is 1. The fourth-order valence-corrected chi connectivity index (χ4v) is 3.42. The van der Waals surface area contributed by atoms with E-state index in [1.54, 1.807) is 39.2 Å². The van der Waals surface area contributed by atoms with Crippen molar-refractivity contribution in [3.05, 3.63) is 59.7 Å². The number of nitrogens with one attached hydrogen (secondary N) is 3. The maximum Gasteiger partial charge on any atom is 0.344 e. The topological polar surface area (TPSA) is 143 Å². The van der Waals surface area contributed by atoms with Crippen LogP contribution in [0.4, 0.5) is 10.5 Å². The number of imide groups is 1. The van der Waals surface area contributed by atoms with E-state index in [0.29, 0.717) is 17.9 Å². The maximum atomic E-state index is 12.6. The van der Waals surface area contributed by atoms with Crippen molar-refractivity contribution in [1.29, 1.82) is 0 Å². The normalized spacial score (nSPS) is 16.8. The minimum Gasteiger partial charge on any atom is -0.497 e. The molecule has 3 rings (SSSR count). The Balaban J connectivity index is 1.53. The lowest BCUT2D eigenvalue weighted by Gasteiger charge is -2.19. The molecule has 11 heteroatoms. The van der Waals surface area contributed by atoms with E-state index in [9.17, 15) is 24.0 Å². The van der Waals surface area contributed by atoms with Gasteiger partial charge in [-0.25, -0.2) is 9.59 Å². The number of urea groups is 1. The molecule has 0 bridgehead atoms. The second kappa shape index (κ2) is 11.3. The first kappa shape index (κ1) is 26.2. The standard InChI is InChI=1S/C25H28N4O7/c1-4-25(2)23(33)29(24(34)27-25)28-21(31)15-36-22(32)18-7-5-6-8-19(18)26-20(30)14-11-16-9-12-17(35-3)13-10-16/h5-10,12-13H,4,11,14-15H2,1-3H3,(H,26,30)(H,27,34)(H,28,31). The lowest BCUT2D eigenvalue weighted by molar-refractivity contribution is -0.139. The summed E-state index contributed by atoms with van der Waals surface area (Å²) in [6.07, 6.45) is 1.00. The first-order valence-electron chi connectivity index (χ1n) is 11.3. The number of amides is 5. The van der Waals surface area contributed by atoms with Crippen LogP contribution in [-0.4, -0.2) is 54.0 Å². The largest absolute Gasteiger partial charge is 0.497 e. The van der Waals surface area contributed by atoms with E-state index >= 15 is 0 Å². The summed E-state index contributed by atoms with van der Waals surface area (Å²) in [7, 11) is 1.58. The Kier molecular flexibility index (Phi) is 8.26. The van der Waals surface area contributed by atoms with Crippen LogP contribution in [0.1, 0.15) is 42.6 Å². The first-order valence-corrected chi connectivity index (χ1v) is 11.3. The van der Waals surface area contributed by atoms with Crippen molar-refractivity contribution in [1.82, 2.24) is 15.8 Å². The van der Waals surface area contributed by atoms with Crippen LogP contribution in [-0.2, 0) is 25.5 Å². The van der Waals surface area contributed by atoms with Crippen LogP contribution < -0.4 is 20.8 Å². The molecule has 1 atom stereocenters. The summed E-state index contributed by atoms with van der Waals surface area (Å²) < 4.78 is 10.2. The average Bonchev–Trinajstić information content (AvgIpc) is 3.10. The van der Waals surface area contributed by atoms with Crippen LogP contribution in [0, 0.1) is 0 Å². The van der Waals surface area contributed by atoms with Crippen molar-refractivity contribution < 1.29 is 33.4 Å². The Labute approximate surface area is 208 Å². The molecule has 3 N–H and O–H groups in total. The third-order valence-corrected chi connectivity index (χ3v) is 5.76. The molecule has 2 aromatic rings. The van der Waals surface area contributed by atoms with Gasteiger partial charge in [0.05, 0.1) is 18.4 Å². The number of carbonyl (C=O) groups is 5. The highest BCUT2D eigenvalue weighted by atomic mass is 16.5. The Morgan fingerprint density at radius 2 is 1.72 bits per heavy atom. The monoisotopic (exact) mass is 496 g/mol. The quantitative estimate of drug-likeness (QED) is 0.338. The summed E-state index contributed by atoms with van der Waals surface area (Å²) >= 11 is 0. The van der Waals surface area contributed by atoms with E-state index in [-0.39, 0.29) is 23.6 Å². The number of carbonyl (C=O) groups excluding carboxylic acids is 5. The highest BCUT2D eigenvalue weighted by molar-refractivity contribution is 6.08. The Bertz CT molecular complexity index is 1170. The zero-order valence-corrected chi connectivity index (χ0v) is 20.3. The highest BCUT2D eigenvalue weighted by Gasteiger charge is 2.47. The molecule has 1 aliphatic rings. The summed E-state index contributed by atoms with van der Waals surface area (Å²) in [6, 6.07) is 12.8. The number of rotatable bonds is 10. The van der Waals surface area contributed by atoms with E-state index < -0.39 is 36.0 Å². The van der Waals surface area contributed by atoms with Crippen molar-refractivity contribution in [3.63, 3.8) is 0 Å². The van der Waals surface area contributed by atoms with Crippen molar-refractivity contribution in [2.75, 3.05) is 19.0 Å². The van der Waals surface area contributed by atoms with Gasteiger partial charge in [-0.2, -0.15) is 5.01 Å². The van der Waals surface area contributed by atoms with Gasteiger partial charge in [0.1, 0.15) is 11.3 Å². The van der Waals surface area contributed by atoms with Crippen LogP contribution in [0.25, 0.3) is 0 Å². The average molecular weight is 497 g/mol. The SMILES string of the molecule is CCC1(C)NC(=O)N(NC(=O)COC(=O)c2ccccc2NC(=O)CCc2ccc(OC)cc2)C1=O. The van der Waals surface area contributed by atoms with E-state index in [1.807, 2.05) is 24.3 Å². The molecule has 1 aliphatic heterocycles. The molecule has 1 saturated heterocycles. The molecular weight excluding hydrogens is 468 g/mol. The molecule has 2 aromatic carbocycles. The molecule has 190 valence electrons. The summed E-state index contributed by atoms with van der Waals surface area (Å²) in [5.74, 6) is -1.92. The molecule has 0 aromatic heterocycles. The molecule has 0 spiro atoms.